The van der Waals surface area contributed by atoms with Crippen LogP contribution in [0.1, 0.15) is 66.8 Å². The molecule has 2 N–H and O–H groups in total. The first-order chi connectivity index (χ1) is 18.7. The van der Waals surface area contributed by atoms with Crippen LogP contribution < -0.4 is 10.6 Å². The minimum Gasteiger partial charge on any atom is -0.366 e. The van der Waals surface area contributed by atoms with Crippen LogP contribution in [0.15, 0.2) is 72.8 Å². The Hall–Kier alpha value is -3.71. The molecule has 1 aliphatic heterocycles. The number of hydrogen-bond acceptors (Lipinski definition) is 4. The molecule has 4 rings (SSSR count). The van der Waals surface area contributed by atoms with E-state index in [-0.39, 0.29) is 35.3 Å². The van der Waals surface area contributed by atoms with E-state index in [2.05, 4.69) is 17.0 Å². The molecular formula is C32H39FN4O2. The van der Waals surface area contributed by atoms with Gasteiger partial charge in [-0.05, 0) is 82.5 Å². The highest BCUT2D eigenvalue weighted by Crippen LogP contribution is 2.37. The number of halogens is 1. The van der Waals surface area contributed by atoms with Crippen LogP contribution in [0.3, 0.4) is 0 Å². The summed E-state index contributed by atoms with van der Waals surface area (Å²) >= 11 is 0. The lowest BCUT2D eigenvalue weighted by Crippen LogP contribution is -2.44. The number of amides is 2. The second-order valence-corrected chi connectivity index (χ2v) is 10.8. The number of likely N-dealkylation sites (tertiary alicyclic amines) is 1. The van der Waals surface area contributed by atoms with Crippen molar-refractivity contribution in [3.05, 3.63) is 95.3 Å². The largest absolute Gasteiger partial charge is 0.366 e. The van der Waals surface area contributed by atoms with E-state index in [1.807, 2.05) is 67.8 Å². The Balaban J connectivity index is 1.65. The molecule has 0 radical (unpaired) electrons. The first-order valence-corrected chi connectivity index (χ1v) is 13.7. The minimum absolute atomic E-state index is 0.0450. The molecule has 1 saturated heterocycles. The molecule has 1 aliphatic rings. The van der Waals surface area contributed by atoms with Crippen molar-refractivity contribution in [3.63, 3.8) is 0 Å². The van der Waals surface area contributed by atoms with E-state index in [1.165, 1.54) is 17.7 Å². The van der Waals surface area contributed by atoms with E-state index in [4.69, 9.17) is 5.73 Å². The van der Waals surface area contributed by atoms with E-state index >= 15 is 4.39 Å². The normalized spacial score (nSPS) is 14.5. The van der Waals surface area contributed by atoms with Gasteiger partial charge in [-0.1, -0.05) is 36.4 Å². The molecule has 6 nitrogen and oxygen atoms in total. The summed E-state index contributed by atoms with van der Waals surface area (Å²) in [5, 5.41) is 0. The fraction of sp³-hybridized carbons (Fsp3) is 0.375. The number of benzene rings is 3. The summed E-state index contributed by atoms with van der Waals surface area (Å²) < 4.78 is 15.4. The van der Waals surface area contributed by atoms with Crippen LogP contribution in [-0.2, 0) is 6.54 Å². The van der Waals surface area contributed by atoms with Gasteiger partial charge in [-0.2, -0.15) is 0 Å². The summed E-state index contributed by atoms with van der Waals surface area (Å²) in [5.41, 5.74) is 8.59. The monoisotopic (exact) mass is 530 g/mol. The van der Waals surface area contributed by atoms with Crippen molar-refractivity contribution in [2.45, 2.75) is 65.2 Å². The second-order valence-electron chi connectivity index (χ2n) is 10.8. The first-order valence-electron chi connectivity index (χ1n) is 13.7. The fourth-order valence-electron chi connectivity index (χ4n) is 5.64. The van der Waals surface area contributed by atoms with Gasteiger partial charge in [-0.25, -0.2) is 4.39 Å². The van der Waals surface area contributed by atoms with Gasteiger partial charge in [0.15, 0.2) is 0 Å². The molecule has 0 unspecified atom stereocenters. The summed E-state index contributed by atoms with van der Waals surface area (Å²) in [6.45, 7) is 10.5. The molecule has 7 heteroatoms. The molecule has 0 aliphatic carbocycles. The Labute approximate surface area is 231 Å². The highest BCUT2D eigenvalue weighted by Gasteiger charge is 2.31. The maximum Gasteiger partial charge on any atom is 0.254 e. The molecule has 3 aromatic rings. The van der Waals surface area contributed by atoms with Gasteiger partial charge >= 0.3 is 0 Å². The number of primary amides is 1. The van der Waals surface area contributed by atoms with E-state index in [9.17, 15) is 9.59 Å². The fourth-order valence-corrected chi connectivity index (χ4v) is 5.64. The van der Waals surface area contributed by atoms with Gasteiger partial charge < -0.3 is 15.5 Å². The van der Waals surface area contributed by atoms with Crippen LogP contribution in [0.2, 0.25) is 0 Å². The third kappa shape index (κ3) is 6.48. The van der Waals surface area contributed by atoms with Gasteiger partial charge in [0.1, 0.15) is 5.82 Å². The molecule has 206 valence electrons. The van der Waals surface area contributed by atoms with Crippen LogP contribution in [0.25, 0.3) is 0 Å². The van der Waals surface area contributed by atoms with Crippen LogP contribution in [0, 0.1) is 5.82 Å². The molecule has 0 aromatic heterocycles. The van der Waals surface area contributed by atoms with E-state index < -0.39 is 11.7 Å². The molecular weight excluding hydrogens is 491 g/mol. The third-order valence-electron chi connectivity index (χ3n) is 7.40. The number of rotatable bonds is 9. The van der Waals surface area contributed by atoms with Crippen molar-refractivity contribution in [2.75, 3.05) is 18.0 Å². The van der Waals surface area contributed by atoms with Crippen molar-refractivity contribution >= 4 is 23.2 Å². The summed E-state index contributed by atoms with van der Waals surface area (Å²) in [5.74, 6) is -1.22. The Bertz CT molecular complexity index is 1260. The van der Waals surface area contributed by atoms with Gasteiger partial charge in [0, 0.05) is 49.0 Å². The third-order valence-corrected chi connectivity index (χ3v) is 7.40. The SMILES string of the molecule is CC(C)N(C(=O)c1ccc(N(c2c(F)cccc2C(N)=O)C2CCN(Cc3ccccc3)CC2)cc1)C(C)C. The zero-order valence-electron chi connectivity index (χ0n) is 23.3. The maximum absolute atomic E-state index is 15.4. The zero-order chi connectivity index (χ0) is 28.1. The molecule has 0 spiro atoms. The molecule has 1 heterocycles. The maximum atomic E-state index is 15.4. The highest BCUT2D eigenvalue weighted by atomic mass is 19.1. The Morgan fingerprint density at radius 1 is 0.897 bits per heavy atom. The predicted molar refractivity (Wildman–Crippen MR) is 155 cm³/mol. The number of piperidine rings is 1. The average molecular weight is 531 g/mol. The van der Waals surface area contributed by atoms with Crippen molar-refractivity contribution in [3.8, 4) is 0 Å². The zero-order valence-corrected chi connectivity index (χ0v) is 23.3. The number of para-hydroxylation sites is 1. The van der Waals surface area contributed by atoms with Gasteiger partial charge in [-0.15, -0.1) is 0 Å². The number of carbonyl (C=O) groups excluding carboxylic acids is 2. The lowest BCUT2D eigenvalue weighted by Gasteiger charge is -2.40. The van der Waals surface area contributed by atoms with Crippen LogP contribution in [0.4, 0.5) is 15.8 Å². The first kappa shape index (κ1) is 28.3. The van der Waals surface area contributed by atoms with E-state index in [0.29, 0.717) is 5.56 Å². The predicted octanol–water partition coefficient (Wildman–Crippen LogP) is 5.99. The van der Waals surface area contributed by atoms with Gasteiger partial charge in [0.2, 0.25) is 0 Å². The van der Waals surface area contributed by atoms with Gasteiger partial charge in [-0.3, -0.25) is 14.5 Å². The van der Waals surface area contributed by atoms with Crippen molar-refractivity contribution in [2.24, 2.45) is 5.73 Å². The summed E-state index contributed by atoms with van der Waals surface area (Å²) in [6, 6.07) is 22.1. The summed E-state index contributed by atoms with van der Waals surface area (Å²) in [6.07, 6.45) is 1.57. The minimum atomic E-state index is -0.674. The van der Waals surface area contributed by atoms with Crippen molar-refractivity contribution in [1.82, 2.24) is 9.80 Å². The molecule has 0 saturated carbocycles. The number of nitrogens with two attached hydrogens (primary N) is 1. The molecule has 1 fully saturated rings. The molecule has 3 aromatic carbocycles. The number of hydrogen-bond donors (Lipinski definition) is 1. The standard InChI is InChI=1S/C32H39FN4O2/c1-22(2)36(23(3)4)32(39)25-13-15-26(16-14-25)37(30-28(31(34)38)11-8-12-29(30)33)27-17-19-35(20-18-27)21-24-9-6-5-7-10-24/h5-16,22-23,27H,17-21H2,1-4H3,(H2,34,38). The molecule has 2 amide bonds. The topological polar surface area (TPSA) is 69.9 Å². The molecule has 39 heavy (non-hydrogen) atoms. The Kier molecular flexibility index (Phi) is 9.02. The number of carbonyl (C=O) groups is 2. The van der Waals surface area contributed by atoms with Crippen molar-refractivity contribution < 1.29 is 14.0 Å². The summed E-state index contributed by atoms with van der Waals surface area (Å²) in [4.78, 5) is 31.8. The lowest BCUT2D eigenvalue weighted by molar-refractivity contribution is 0.0643. The average Bonchev–Trinajstić information content (AvgIpc) is 2.91. The Morgan fingerprint density at radius 2 is 1.51 bits per heavy atom. The van der Waals surface area contributed by atoms with Gasteiger partial charge in [0.25, 0.3) is 11.8 Å². The second kappa shape index (κ2) is 12.4. The van der Waals surface area contributed by atoms with Crippen LogP contribution in [-0.4, -0.2) is 52.8 Å². The lowest BCUT2D eigenvalue weighted by atomic mass is 9.98. The number of anilines is 2. The van der Waals surface area contributed by atoms with E-state index in [1.54, 1.807) is 18.2 Å². The van der Waals surface area contributed by atoms with Gasteiger partial charge in [0.05, 0.1) is 11.3 Å². The van der Waals surface area contributed by atoms with E-state index in [0.717, 1.165) is 38.2 Å². The highest BCUT2D eigenvalue weighted by molar-refractivity contribution is 6.00. The summed E-state index contributed by atoms with van der Waals surface area (Å²) in [7, 11) is 0. The smallest absolute Gasteiger partial charge is 0.254 e. The Morgan fingerprint density at radius 3 is 2.08 bits per heavy atom. The van der Waals surface area contributed by atoms with Crippen LogP contribution >= 0.6 is 0 Å². The van der Waals surface area contributed by atoms with Crippen molar-refractivity contribution in [1.29, 1.82) is 0 Å². The molecule has 0 bridgehead atoms. The number of nitrogens with zero attached hydrogens (tertiary/aromatic N) is 3. The van der Waals surface area contributed by atoms with Crippen LogP contribution in [0.5, 0.6) is 0 Å². The quantitative estimate of drug-likeness (QED) is 0.369. The molecule has 0 atom stereocenters.